The van der Waals surface area contributed by atoms with E-state index in [1.807, 2.05) is 79.7 Å². The van der Waals surface area contributed by atoms with E-state index in [4.69, 9.17) is 14.2 Å². The standard InChI is InChI=1S/C26H24N2O3/c1-17-24(18-10-12-21(29-2)13-11-18)25(20-14-22(30-3)16-23(15-20)31-4)26(28-27-17)19-8-6-5-7-9-19/h5-16H,1-4H3. The molecule has 3 aromatic carbocycles. The van der Waals surface area contributed by atoms with Crippen molar-refractivity contribution in [3.05, 3.63) is 78.5 Å². The summed E-state index contributed by atoms with van der Waals surface area (Å²) in [6.07, 6.45) is 0. The second-order valence-corrected chi connectivity index (χ2v) is 7.08. The highest BCUT2D eigenvalue weighted by Crippen LogP contribution is 2.42. The molecule has 0 amide bonds. The summed E-state index contributed by atoms with van der Waals surface area (Å²) in [7, 11) is 4.96. The highest BCUT2D eigenvalue weighted by Gasteiger charge is 2.20. The van der Waals surface area contributed by atoms with Gasteiger partial charge in [0, 0.05) is 22.8 Å². The molecule has 0 atom stereocenters. The highest BCUT2D eigenvalue weighted by molar-refractivity contribution is 5.94. The molecule has 0 aliphatic rings. The summed E-state index contributed by atoms with van der Waals surface area (Å²) < 4.78 is 16.4. The predicted octanol–water partition coefficient (Wildman–Crippen LogP) is 5.81. The van der Waals surface area contributed by atoms with Gasteiger partial charge in [-0.1, -0.05) is 42.5 Å². The third kappa shape index (κ3) is 4.08. The molecule has 1 heterocycles. The van der Waals surface area contributed by atoms with E-state index in [0.29, 0.717) is 11.5 Å². The van der Waals surface area contributed by atoms with Gasteiger partial charge >= 0.3 is 0 Å². The van der Waals surface area contributed by atoms with Crippen LogP contribution in [0.1, 0.15) is 5.69 Å². The van der Waals surface area contributed by atoms with E-state index in [9.17, 15) is 0 Å². The second kappa shape index (κ2) is 8.88. The molecule has 0 N–H and O–H groups in total. The molecular formula is C26H24N2O3. The zero-order valence-corrected chi connectivity index (χ0v) is 18.0. The third-order valence-corrected chi connectivity index (χ3v) is 5.21. The van der Waals surface area contributed by atoms with Gasteiger partial charge in [-0.15, -0.1) is 5.10 Å². The lowest BCUT2D eigenvalue weighted by Crippen LogP contribution is -2.01. The molecule has 5 heteroatoms. The molecule has 31 heavy (non-hydrogen) atoms. The fourth-order valence-corrected chi connectivity index (χ4v) is 3.67. The van der Waals surface area contributed by atoms with Crippen LogP contribution in [-0.4, -0.2) is 31.5 Å². The molecule has 156 valence electrons. The van der Waals surface area contributed by atoms with Gasteiger partial charge in [-0.25, -0.2) is 0 Å². The lowest BCUT2D eigenvalue weighted by molar-refractivity contribution is 0.394. The van der Waals surface area contributed by atoms with Crippen LogP contribution in [0.3, 0.4) is 0 Å². The lowest BCUT2D eigenvalue weighted by atomic mass is 9.90. The summed E-state index contributed by atoms with van der Waals surface area (Å²) >= 11 is 0. The van der Waals surface area contributed by atoms with Crippen molar-refractivity contribution in [2.45, 2.75) is 6.92 Å². The fourth-order valence-electron chi connectivity index (χ4n) is 3.67. The summed E-state index contributed by atoms with van der Waals surface area (Å²) in [5, 5.41) is 9.10. The number of methoxy groups -OCH3 is 3. The normalized spacial score (nSPS) is 10.6. The van der Waals surface area contributed by atoms with Crippen LogP contribution < -0.4 is 14.2 Å². The lowest BCUT2D eigenvalue weighted by Gasteiger charge is -2.18. The number of hydrogen-bond donors (Lipinski definition) is 0. The zero-order valence-electron chi connectivity index (χ0n) is 18.0. The Hall–Kier alpha value is -3.86. The number of rotatable bonds is 6. The average Bonchev–Trinajstić information content (AvgIpc) is 2.84. The summed E-state index contributed by atoms with van der Waals surface area (Å²) in [6, 6.07) is 23.9. The Balaban J connectivity index is 2.06. The molecule has 0 saturated heterocycles. The average molecular weight is 412 g/mol. The topological polar surface area (TPSA) is 53.5 Å². The molecule has 5 nitrogen and oxygen atoms in total. The van der Waals surface area contributed by atoms with E-state index in [-0.39, 0.29) is 0 Å². The van der Waals surface area contributed by atoms with Gasteiger partial charge in [0.1, 0.15) is 22.9 Å². The molecule has 0 aliphatic carbocycles. The van der Waals surface area contributed by atoms with Crippen molar-refractivity contribution in [3.8, 4) is 50.8 Å². The van der Waals surface area contributed by atoms with Crippen LogP contribution in [-0.2, 0) is 0 Å². The Bertz CT molecular complexity index is 1170. The maximum atomic E-state index is 5.54. The first kappa shape index (κ1) is 20.4. The van der Waals surface area contributed by atoms with Crippen LogP contribution in [0.2, 0.25) is 0 Å². The van der Waals surface area contributed by atoms with Crippen molar-refractivity contribution in [3.63, 3.8) is 0 Å². The molecule has 0 fully saturated rings. The van der Waals surface area contributed by atoms with Crippen LogP contribution in [0.5, 0.6) is 17.2 Å². The number of hydrogen-bond acceptors (Lipinski definition) is 5. The number of nitrogens with zero attached hydrogens (tertiary/aromatic N) is 2. The van der Waals surface area contributed by atoms with Gasteiger partial charge in [0.15, 0.2) is 0 Å². The van der Waals surface area contributed by atoms with E-state index >= 15 is 0 Å². The van der Waals surface area contributed by atoms with Gasteiger partial charge in [-0.3, -0.25) is 0 Å². The molecule has 0 bridgehead atoms. The Morgan fingerprint density at radius 1 is 0.548 bits per heavy atom. The first-order valence-corrected chi connectivity index (χ1v) is 9.95. The van der Waals surface area contributed by atoms with Crippen molar-refractivity contribution in [1.29, 1.82) is 0 Å². The second-order valence-electron chi connectivity index (χ2n) is 7.08. The van der Waals surface area contributed by atoms with Crippen molar-refractivity contribution in [2.24, 2.45) is 0 Å². The van der Waals surface area contributed by atoms with E-state index < -0.39 is 0 Å². The van der Waals surface area contributed by atoms with Crippen molar-refractivity contribution < 1.29 is 14.2 Å². The Morgan fingerprint density at radius 3 is 1.74 bits per heavy atom. The summed E-state index contributed by atoms with van der Waals surface area (Å²) in [5.74, 6) is 2.23. The smallest absolute Gasteiger partial charge is 0.123 e. The largest absolute Gasteiger partial charge is 0.497 e. The summed E-state index contributed by atoms with van der Waals surface area (Å²) in [6.45, 7) is 1.97. The molecule has 0 radical (unpaired) electrons. The van der Waals surface area contributed by atoms with Crippen LogP contribution in [0.4, 0.5) is 0 Å². The highest BCUT2D eigenvalue weighted by atomic mass is 16.5. The molecule has 4 rings (SSSR count). The number of aryl methyl sites for hydroxylation is 1. The number of aromatic nitrogens is 2. The van der Waals surface area contributed by atoms with Crippen molar-refractivity contribution in [2.75, 3.05) is 21.3 Å². The molecule has 0 saturated carbocycles. The minimum atomic E-state index is 0.712. The SMILES string of the molecule is COc1ccc(-c2c(C)nnc(-c3ccccc3)c2-c2cc(OC)cc(OC)c2)cc1. The fraction of sp³-hybridized carbons (Fsp3) is 0.154. The van der Waals surface area contributed by atoms with Gasteiger partial charge < -0.3 is 14.2 Å². The first-order chi connectivity index (χ1) is 15.1. The Kier molecular flexibility index (Phi) is 5.85. The minimum absolute atomic E-state index is 0.712. The molecule has 0 spiro atoms. The van der Waals surface area contributed by atoms with Crippen molar-refractivity contribution in [1.82, 2.24) is 10.2 Å². The maximum absolute atomic E-state index is 5.54. The van der Waals surface area contributed by atoms with Gasteiger partial charge in [0.05, 0.1) is 27.0 Å². The van der Waals surface area contributed by atoms with E-state index in [1.165, 1.54) is 0 Å². The van der Waals surface area contributed by atoms with E-state index in [0.717, 1.165) is 45.0 Å². The first-order valence-electron chi connectivity index (χ1n) is 9.95. The Morgan fingerprint density at radius 2 is 1.16 bits per heavy atom. The molecular weight excluding hydrogens is 388 g/mol. The summed E-state index contributed by atoms with van der Waals surface area (Å²) in [4.78, 5) is 0. The molecule has 0 unspecified atom stereocenters. The summed E-state index contributed by atoms with van der Waals surface area (Å²) in [5.41, 5.74) is 6.57. The quantitative estimate of drug-likeness (QED) is 0.400. The zero-order chi connectivity index (χ0) is 21.8. The van der Waals surface area contributed by atoms with Gasteiger partial charge in [-0.2, -0.15) is 5.10 Å². The van der Waals surface area contributed by atoms with Gasteiger partial charge in [-0.05, 0) is 42.3 Å². The minimum Gasteiger partial charge on any atom is -0.497 e. The number of ether oxygens (including phenoxy) is 3. The van der Waals surface area contributed by atoms with E-state index in [1.54, 1.807) is 21.3 Å². The van der Waals surface area contributed by atoms with Crippen LogP contribution in [0.15, 0.2) is 72.8 Å². The Labute approximate surface area is 182 Å². The van der Waals surface area contributed by atoms with Crippen molar-refractivity contribution >= 4 is 0 Å². The maximum Gasteiger partial charge on any atom is 0.123 e. The molecule has 1 aromatic heterocycles. The predicted molar refractivity (Wildman–Crippen MR) is 123 cm³/mol. The number of benzene rings is 3. The third-order valence-electron chi connectivity index (χ3n) is 5.21. The van der Waals surface area contributed by atoms with Crippen LogP contribution in [0.25, 0.3) is 33.5 Å². The molecule has 4 aromatic rings. The monoisotopic (exact) mass is 412 g/mol. The van der Waals surface area contributed by atoms with E-state index in [2.05, 4.69) is 10.2 Å². The van der Waals surface area contributed by atoms with Crippen LogP contribution in [0, 0.1) is 6.92 Å². The van der Waals surface area contributed by atoms with Gasteiger partial charge in [0.25, 0.3) is 0 Å². The van der Waals surface area contributed by atoms with Gasteiger partial charge in [0.2, 0.25) is 0 Å². The molecule has 0 aliphatic heterocycles. The van der Waals surface area contributed by atoms with Crippen LogP contribution >= 0.6 is 0 Å².